The van der Waals surface area contributed by atoms with Gasteiger partial charge in [-0.1, -0.05) is 30.3 Å². The minimum Gasteiger partial charge on any atom is -0.322 e. The number of nitrogens with one attached hydrogen (secondary N) is 1. The molecule has 0 saturated carbocycles. The highest BCUT2D eigenvalue weighted by molar-refractivity contribution is 6.05. The standard InChI is InChI=1S/C22H19FN4O/c1-13-6-4-5-7-19(13)25-22(28)18-12-24-21-20(14(2)26-27(21)15(18)3)16-8-10-17(23)11-9-16/h4-12H,1-3H3,(H,25,28). The highest BCUT2D eigenvalue weighted by atomic mass is 19.1. The van der Waals surface area contributed by atoms with Crippen LogP contribution in [0.5, 0.6) is 0 Å². The van der Waals surface area contributed by atoms with E-state index in [9.17, 15) is 9.18 Å². The molecule has 0 saturated heterocycles. The molecule has 0 atom stereocenters. The molecule has 140 valence electrons. The maximum absolute atomic E-state index is 13.3. The Labute approximate surface area is 161 Å². The van der Waals surface area contributed by atoms with E-state index in [-0.39, 0.29) is 11.7 Å². The molecule has 0 fully saturated rings. The number of nitrogens with zero attached hydrogens (tertiary/aromatic N) is 3. The molecule has 0 aliphatic carbocycles. The first-order valence-corrected chi connectivity index (χ1v) is 8.93. The van der Waals surface area contributed by atoms with Crippen molar-refractivity contribution < 1.29 is 9.18 Å². The van der Waals surface area contributed by atoms with Gasteiger partial charge in [0.15, 0.2) is 5.65 Å². The zero-order valence-electron chi connectivity index (χ0n) is 15.8. The van der Waals surface area contributed by atoms with Gasteiger partial charge < -0.3 is 5.32 Å². The lowest BCUT2D eigenvalue weighted by atomic mass is 10.1. The van der Waals surface area contributed by atoms with E-state index in [2.05, 4.69) is 15.4 Å². The molecule has 0 aliphatic rings. The largest absolute Gasteiger partial charge is 0.322 e. The van der Waals surface area contributed by atoms with Gasteiger partial charge in [-0.15, -0.1) is 0 Å². The van der Waals surface area contributed by atoms with Gasteiger partial charge in [0.05, 0.1) is 17.0 Å². The van der Waals surface area contributed by atoms with Gasteiger partial charge >= 0.3 is 0 Å². The van der Waals surface area contributed by atoms with Crippen molar-refractivity contribution in [3.8, 4) is 11.1 Å². The molecule has 28 heavy (non-hydrogen) atoms. The second kappa shape index (κ2) is 6.88. The number of hydrogen-bond acceptors (Lipinski definition) is 3. The van der Waals surface area contributed by atoms with Crippen molar-refractivity contribution in [2.24, 2.45) is 0 Å². The highest BCUT2D eigenvalue weighted by Crippen LogP contribution is 2.28. The van der Waals surface area contributed by atoms with E-state index in [0.717, 1.165) is 28.1 Å². The maximum Gasteiger partial charge on any atom is 0.259 e. The van der Waals surface area contributed by atoms with Crippen LogP contribution < -0.4 is 5.32 Å². The van der Waals surface area contributed by atoms with Crippen LogP contribution in [0.25, 0.3) is 16.8 Å². The molecule has 2 heterocycles. The van der Waals surface area contributed by atoms with Crippen LogP contribution in [0.3, 0.4) is 0 Å². The third-order valence-electron chi connectivity index (χ3n) is 4.83. The maximum atomic E-state index is 13.3. The summed E-state index contributed by atoms with van der Waals surface area (Å²) >= 11 is 0. The fourth-order valence-corrected chi connectivity index (χ4v) is 3.28. The van der Waals surface area contributed by atoms with Gasteiger partial charge in [-0.2, -0.15) is 5.10 Å². The molecule has 0 radical (unpaired) electrons. The van der Waals surface area contributed by atoms with Crippen molar-refractivity contribution in [1.29, 1.82) is 0 Å². The minimum absolute atomic E-state index is 0.238. The van der Waals surface area contributed by atoms with Gasteiger partial charge in [0.2, 0.25) is 0 Å². The Balaban J connectivity index is 1.77. The Morgan fingerprint density at radius 2 is 1.75 bits per heavy atom. The molecular formula is C22H19FN4O. The van der Waals surface area contributed by atoms with E-state index in [0.29, 0.717) is 16.9 Å². The average molecular weight is 374 g/mol. The average Bonchev–Trinajstić information content (AvgIpc) is 3.01. The summed E-state index contributed by atoms with van der Waals surface area (Å²) in [6, 6.07) is 13.8. The van der Waals surface area contributed by atoms with Crippen LogP contribution >= 0.6 is 0 Å². The van der Waals surface area contributed by atoms with Gasteiger partial charge in [0.1, 0.15) is 5.82 Å². The van der Waals surface area contributed by atoms with Crippen molar-refractivity contribution in [3.63, 3.8) is 0 Å². The van der Waals surface area contributed by atoms with Gasteiger partial charge in [-0.3, -0.25) is 4.79 Å². The van der Waals surface area contributed by atoms with E-state index in [1.165, 1.54) is 12.1 Å². The first-order chi connectivity index (χ1) is 13.5. The van der Waals surface area contributed by atoms with E-state index < -0.39 is 0 Å². The minimum atomic E-state index is -0.294. The SMILES string of the molecule is Cc1ccccc1NC(=O)c1cnc2c(-c3ccc(F)cc3)c(C)nn2c1C. The van der Waals surface area contributed by atoms with Crippen LogP contribution in [-0.4, -0.2) is 20.5 Å². The number of benzene rings is 2. The number of fused-ring (bicyclic) bond motifs is 1. The third-order valence-corrected chi connectivity index (χ3v) is 4.83. The summed E-state index contributed by atoms with van der Waals surface area (Å²) in [5.41, 5.74) is 5.93. The lowest BCUT2D eigenvalue weighted by molar-refractivity contribution is 0.102. The van der Waals surface area contributed by atoms with Gasteiger partial charge in [-0.25, -0.2) is 13.9 Å². The van der Waals surface area contributed by atoms with Gasteiger partial charge in [0, 0.05) is 17.4 Å². The third kappa shape index (κ3) is 3.03. The van der Waals surface area contributed by atoms with Crippen molar-refractivity contribution >= 4 is 17.2 Å². The molecule has 1 N–H and O–H groups in total. The van der Waals surface area contributed by atoms with Crippen molar-refractivity contribution in [1.82, 2.24) is 14.6 Å². The second-order valence-corrected chi connectivity index (χ2v) is 6.73. The smallest absolute Gasteiger partial charge is 0.259 e. The molecule has 1 amide bonds. The monoisotopic (exact) mass is 374 g/mol. The predicted octanol–water partition coefficient (Wildman–Crippen LogP) is 4.71. The first kappa shape index (κ1) is 17.9. The molecule has 2 aromatic heterocycles. The summed E-state index contributed by atoms with van der Waals surface area (Å²) in [4.78, 5) is 17.3. The van der Waals surface area contributed by atoms with E-state index in [4.69, 9.17) is 0 Å². The molecule has 2 aromatic carbocycles. The number of amides is 1. The topological polar surface area (TPSA) is 59.3 Å². The summed E-state index contributed by atoms with van der Waals surface area (Å²) in [7, 11) is 0. The van der Waals surface area contributed by atoms with E-state index >= 15 is 0 Å². The molecule has 4 aromatic rings. The number of carbonyl (C=O) groups excluding carboxylic acids is 1. The molecular weight excluding hydrogens is 355 g/mol. The molecule has 0 spiro atoms. The number of hydrogen-bond donors (Lipinski definition) is 1. The summed E-state index contributed by atoms with van der Waals surface area (Å²) < 4.78 is 14.9. The number of aromatic nitrogens is 3. The zero-order valence-corrected chi connectivity index (χ0v) is 15.8. The number of halogens is 1. The lowest BCUT2D eigenvalue weighted by Gasteiger charge is -2.10. The van der Waals surface area contributed by atoms with E-state index in [1.807, 2.05) is 45.0 Å². The Hall–Kier alpha value is -3.54. The van der Waals surface area contributed by atoms with Crippen LogP contribution in [0.2, 0.25) is 0 Å². The van der Waals surface area contributed by atoms with Crippen LogP contribution in [0.15, 0.2) is 54.7 Å². The number of rotatable bonds is 3. The molecule has 5 nitrogen and oxygen atoms in total. The second-order valence-electron chi connectivity index (χ2n) is 6.73. The fourth-order valence-electron chi connectivity index (χ4n) is 3.28. The molecule has 0 unspecified atom stereocenters. The molecule has 4 rings (SSSR count). The highest BCUT2D eigenvalue weighted by Gasteiger charge is 2.19. The predicted molar refractivity (Wildman–Crippen MR) is 107 cm³/mol. The van der Waals surface area contributed by atoms with Crippen LogP contribution in [0, 0.1) is 26.6 Å². The normalized spacial score (nSPS) is 11.0. The van der Waals surface area contributed by atoms with E-state index in [1.54, 1.807) is 22.8 Å². The Morgan fingerprint density at radius 1 is 1.04 bits per heavy atom. The van der Waals surface area contributed by atoms with Gasteiger partial charge in [-0.05, 0) is 50.1 Å². The van der Waals surface area contributed by atoms with Crippen LogP contribution in [-0.2, 0) is 0 Å². The number of aryl methyl sites for hydroxylation is 3. The Bertz CT molecular complexity index is 1200. The van der Waals surface area contributed by atoms with Crippen molar-refractivity contribution in [3.05, 3.63) is 83.1 Å². The summed E-state index contributed by atoms with van der Waals surface area (Å²) in [5.74, 6) is -0.533. The van der Waals surface area contributed by atoms with Crippen molar-refractivity contribution in [2.75, 3.05) is 5.32 Å². The zero-order chi connectivity index (χ0) is 19.8. The van der Waals surface area contributed by atoms with Crippen molar-refractivity contribution in [2.45, 2.75) is 20.8 Å². The number of carbonyl (C=O) groups is 1. The summed E-state index contributed by atoms with van der Waals surface area (Å²) in [6.07, 6.45) is 1.56. The quantitative estimate of drug-likeness (QED) is 0.565. The molecule has 6 heteroatoms. The number of anilines is 1. The Morgan fingerprint density at radius 3 is 2.46 bits per heavy atom. The Kier molecular flexibility index (Phi) is 4.39. The molecule has 0 aliphatic heterocycles. The van der Waals surface area contributed by atoms with Gasteiger partial charge in [0.25, 0.3) is 5.91 Å². The molecule has 0 bridgehead atoms. The lowest BCUT2D eigenvalue weighted by Crippen LogP contribution is -2.16. The fraction of sp³-hybridized carbons (Fsp3) is 0.136. The number of para-hydroxylation sites is 1. The van der Waals surface area contributed by atoms with Crippen LogP contribution in [0.1, 0.15) is 27.3 Å². The summed E-state index contributed by atoms with van der Waals surface area (Å²) in [5, 5.41) is 7.49. The first-order valence-electron chi connectivity index (χ1n) is 8.93. The van der Waals surface area contributed by atoms with Crippen LogP contribution in [0.4, 0.5) is 10.1 Å². The summed E-state index contributed by atoms with van der Waals surface area (Å²) in [6.45, 7) is 5.65.